The lowest BCUT2D eigenvalue weighted by Crippen LogP contribution is -2.05. The average Bonchev–Trinajstić information content (AvgIpc) is 2.52. The van der Waals surface area contributed by atoms with Gasteiger partial charge in [-0.15, -0.1) is 0 Å². The zero-order valence-corrected chi connectivity index (χ0v) is 13.1. The first-order valence-corrected chi connectivity index (χ1v) is 7.45. The molecule has 0 atom stereocenters. The topological polar surface area (TPSA) is 69.2 Å². The second-order valence-corrected chi connectivity index (χ2v) is 5.14. The summed E-state index contributed by atoms with van der Waals surface area (Å²) < 4.78 is 10.7. The number of nitrogens with one attached hydrogen (secondary N) is 1. The van der Waals surface area contributed by atoms with Gasteiger partial charge in [0.05, 0.1) is 13.7 Å². The van der Waals surface area contributed by atoms with E-state index in [4.69, 9.17) is 9.47 Å². The van der Waals surface area contributed by atoms with E-state index in [1.807, 2.05) is 31.2 Å². The first-order valence-electron chi connectivity index (χ1n) is 6.63. The molecule has 0 fully saturated rings. The van der Waals surface area contributed by atoms with E-state index < -0.39 is 0 Å². The molecule has 1 N–H and O–H groups in total. The van der Waals surface area contributed by atoms with E-state index >= 15 is 0 Å². The Hall–Kier alpha value is -2.02. The number of hydrogen-bond acceptors (Lipinski definition) is 7. The molecule has 0 saturated heterocycles. The monoisotopic (exact) mass is 306 g/mol. The summed E-state index contributed by atoms with van der Waals surface area (Å²) in [5.41, 5.74) is 0. The summed E-state index contributed by atoms with van der Waals surface area (Å²) in [5.74, 6) is 1.28. The highest BCUT2D eigenvalue weighted by molar-refractivity contribution is 7.99. The molecule has 1 heterocycles. The SMILES string of the molecule is CCCOc1nc(NC)nc(Sc2cccc(OC)c2)n1. The minimum atomic E-state index is 0.335. The van der Waals surface area contributed by atoms with E-state index in [1.54, 1.807) is 14.2 Å². The lowest BCUT2D eigenvalue weighted by molar-refractivity contribution is 0.288. The Morgan fingerprint density at radius 2 is 2.10 bits per heavy atom. The van der Waals surface area contributed by atoms with Gasteiger partial charge in [-0.3, -0.25) is 0 Å². The molecular weight excluding hydrogens is 288 g/mol. The molecule has 21 heavy (non-hydrogen) atoms. The van der Waals surface area contributed by atoms with Crippen LogP contribution in [0.3, 0.4) is 0 Å². The quantitative estimate of drug-likeness (QED) is 0.843. The number of benzene rings is 1. The highest BCUT2D eigenvalue weighted by Gasteiger charge is 2.08. The predicted molar refractivity (Wildman–Crippen MR) is 82.3 cm³/mol. The predicted octanol–water partition coefficient (Wildman–Crippen LogP) is 2.86. The average molecular weight is 306 g/mol. The molecule has 0 aliphatic carbocycles. The molecule has 7 heteroatoms. The van der Waals surface area contributed by atoms with Gasteiger partial charge in [0.2, 0.25) is 11.1 Å². The fourth-order valence-corrected chi connectivity index (χ4v) is 2.31. The summed E-state index contributed by atoms with van der Waals surface area (Å²) in [6.45, 7) is 2.61. The zero-order valence-electron chi connectivity index (χ0n) is 12.3. The van der Waals surface area contributed by atoms with E-state index in [0.29, 0.717) is 23.7 Å². The summed E-state index contributed by atoms with van der Waals surface area (Å²) in [4.78, 5) is 13.8. The third-order valence-electron chi connectivity index (χ3n) is 2.50. The van der Waals surface area contributed by atoms with Gasteiger partial charge >= 0.3 is 6.01 Å². The summed E-state index contributed by atoms with van der Waals surface area (Å²) in [6, 6.07) is 8.06. The Labute approximate surface area is 128 Å². The Balaban J connectivity index is 2.21. The largest absolute Gasteiger partial charge is 0.497 e. The van der Waals surface area contributed by atoms with Gasteiger partial charge in [0.25, 0.3) is 0 Å². The zero-order chi connectivity index (χ0) is 15.1. The minimum absolute atomic E-state index is 0.335. The number of aromatic nitrogens is 3. The van der Waals surface area contributed by atoms with Crippen LogP contribution in [-0.4, -0.2) is 35.7 Å². The van der Waals surface area contributed by atoms with Crippen LogP contribution in [0.4, 0.5) is 5.95 Å². The fraction of sp³-hybridized carbons (Fsp3) is 0.357. The lowest BCUT2D eigenvalue weighted by Gasteiger charge is -2.07. The van der Waals surface area contributed by atoms with Gasteiger partial charge in [0.1, 0.15) is 5.75 Å². The Kier molecular flexibility index (Phi) is 5.62. The number of ether oxygens (including phenoxy) is 2. The summed E-state index contributed by atoms with van der Waals surface area (Å²) in [6.07, 6.45) is 0.902. The third kappa shape index (κ3) is 4.49. The van der Waals surface area contributed by atoms with E-state index in [2.05, 4.69) is 20.3 Å². The summed E-state index contributed by atoms with van der Waals surface area (Å²) in [5, 5.41) is 3.49. The van der Waals surface area contributed by atoms with E-state index in [-0.39, 0.29) is 0 Å². The number of methoxy groups -OCH3 is 1. The maximum absolute atomic E-state index is 5.48. The van der Waals surface area contributed by atoms with Crippen LogP contribution in [0.25, 0.3) is 0 Å². The third-order valence-corrected chi connectivity index (χ3v) is 3.36. The molecule has 1 aromatic heterocycles. The Morgan fingerprint density at radius 3 is 2.81 bits per heavy atom. The Morgan fingerprint density at radius 1 is 1.24 bits per heavy atom. The van der Waals surface area contributed by atoms with Gasteiger partial charge in [-0.05, 0) is 36.4 Å². The van der Waals surface area contributed by atoms with E-state index in [0.717, 1.165) is 17.1 Å². The second-order valence-electron chi connectivity index (χ2n) is 4.10. The van der Waals surface area contributed by atoms with Gasteiger partial charge in [-0.2, -0.15) is 15.0 Å². The van der Waals surface area contributed by atoms with E-state index in [9.17, 15) is 0 Å². The van der Waals surface area contributed by atoms with Crippen molar-refractivity contribution in [3.05, 3.63) is 24.3 Å². The normalized spacial score (nSPS) is 10.2. The maximum atomic E-state index is 5.48. The second kappa shape index (κ2) is 7.68. The van der Waals surface area contributed by atoms with Gasteiger partial charge in [0, 0.05) is 11.9 Å². The van der Waals surface area contributed by atoms with Crippen molar-refractivity contribution >= 4 is 17.7 Å². The van der Waals surface area contributed by atoms with Crippen LogP contribution in [-0.2, 0) is 0 Å². The molecular formula is C14H18N4O2S. The van der Waals surface area contributed by atoms with Gasteiger partial charge in [-0.1, -0.05) is 13.0 Å². The van der Waals surface area contributed by atoms with E-state index in [1.165, 1.54) is 11.8 Å². The molecule has 0 spiro atoms. The van der Waals surface area contributed by atoms with Crippen molar-refractivity contribution in [2.24, 2.45) is 0 Å². The van der Waals surface area contributed by atoms with Crippen LogP contribution >= 0.6 is 11.8 Å². The van der Waals surface area contributed by atoms with Crippen molar-refractivity contribution in [1.82, 2.24) is 15.0 Å². The first kappa shape index (κ1) is 15.4. The summed E-state index contributed by atoms with van der Waals surface area (Å²) in [7, 11) is 3.40. The molecule has 0 radical (unpaired) electrons. The number of anilines is 1. The van der Waals surface area contributed by atoms with Crippen molar-refractivity contribution in [2.45, 2.75) is 23.4 Å². The van der Waals surface area contributed by atoms with Crippen LogP contribution in [0.5, 0.6) is 11.8 Å². The molecule has 2 aromatic rings. The highest BCUT2D eigenvalue weighted by atomic mass is 32.2. The minimum Gasteiger partial charge on any atom is -0.497 e. The van der Waals surface area contributed by atoms with Crippen molar-refractivity contribution < 1.29 is 9.47 Å². The fourth-order valence-electron chi connectivity index (χ4n) is 1.52. The smallest absolute Gasteiger partial charge is 0.322 e. The standard InChI is InChI=1S/C14H18N4O2S/c1-4-8-20-13-16-12(15-2)17-14(18-13)21-11-7-5-6-10(9-11)19-3/h5-7,9H,4,8H2,1-3H3,(H,15,16,17,18). The maximum Gasteiger partial charge on any atom is 0.322 e. The van der Waals surface area contributed by atoms with Gasteiger partial charge < -0.3 is 14.8 Å². The first-order chi connectivity index (χ1) is 10.2. The van der Waals surface area contributed by atoms with Crippen LogP contribution in [0.15, 0.2) is 34.3 Å². The van der Waals surface area contributed by atoms with Crippen molar-refractivity contribution in [3.63, 3.8) is 0 Å². The molecule has 0 unspecified atom stereocenters. The molecule has 2 rings (SSSR count). The highest BCUT2D eigenvalue weighted by Crippen LogP contribution is 2.28. The van der Waals surface area contributed by atoms with Crippen molar-refractivity contribution in [1.29, 1.82) is 0 Å². The van der Waals surface area contributed by atoms with Gasteiger partial charge in [-0.25, -0.2) is 0 Å². The number of hydrogen-bond donors (Lipinski definition) is 1. The van der Waals surface area contributed by atoms with Crippen LogP contribution in [0.2, 0.25) is 0 Å². The van der Waals surface area contributed by atoms with Crippen LogP contribution in [0, 0.1) is 0 Å². The molecule has 0 aliphatic rings. The molecule has 112 valence electrons. The molecule has 0 bridgehead atoms. The van der Waals surface area contributed by atoms with Crippen molar-refractivity contribution in [3.8, 4) is 11.8 Å². The molecule has 0 aliphatic heterocycles. The number of nitrogens with zero attached hydrogens (tertiary/aromatic N) is 3. The summed E-state index contributed by atoms with van der Waals surface area (Å²) >= 11 is 1.43. The number of rotatable bonds is 7. The van der Waals surface area contributed by atoms with Crippen LogP contribution < -0.4 is 14.8 Å². The van der Waals surface area contributed by atoms with Gasteiger partial charge in [0.15, 0.2) is 0 Å². The van der Waals surface area contributed by atoms with Crippen LogP contribution in [0.1, 0.15) is 13.3 Å². The molecule has 0 saturated carbocycles. The van der Waals surface area contributed by atoms with Crippen molar-refractivity contribution in [2.75, 3.05) is 26.1 Å². The molecule has 1 aromatic carbocycles. The lowest BCUT2D eigenvalue weighted by atomic mass is 10.3. The molecule has 0 amide bonds. The molecule has 6 nitrogen and oxygen atoms in total. The Bertz CT molecular complexity index is 595.